The van der Waals surface area contributed by atoms with Gasteiger partial charge in [-0.3, -0.25) is 4.79 Å². The molecule has 0 radical (unpaired) electrons. The van der Waals surface area contributed by atoms with Gasteiger partial charge in [0.25, 0.3) is 0 Å². The topological polar surface area (TPSA) is 61.5 Å². The first-order chi connectivity index (χ1) is 8.85. The van der Waals surface area contributed by atoms with Gasteiger partial charge in [-0.2, -0.15) is 0 Å². The largest absolute Gasteiger partial charge is 0.494 e. The summed E-state index contributed by atoms with van der Waals surface area (Å²) in [6.45, 7) is 3.60. The summed E-state index contributed by atoms with van der Waals surface area (Å²) in [5, 5.41) is 0. The second kappa shape index (κ2) is 6.02. The van der Waals surface area contributed by atoms with E-state index in [1.54, 1.807) is 13.0 Å². The predicted octanol–water partition coefficient (Wildman–Crippen LogP) is 2.00. The van der Waals surface area contributed by atoms with Crippen LogP contribution in [-0.2, 0) is 14.9 Å². The third-order valence-electron chi connectivity index (χ3n) is 3.56. The molecule has 1 rings (SSSR count). The monoisotopic (exact) mass is 269 g/mol. The van der Waals surface area contributed by atoms with E-state index in [2.05, 4.69) is 4.74 Å². The minimum atomic E-state index is -0.694. The molecule has 0 bridgehead atoms. The Morgan fingerprint density at radius 2 is 2.11 bits per heavy atom. The lowest BCUT2D eigenvalue weighted by molar-refractivity contribution is -0.142. The molecule has 0 saturated heterocycles. The first kappa shape index (κ1) is 15.4. The van der Waals surface area contributed by atoms with Gasteiger partial charge in [-0.25, -0.2) is 4.39 Å². The summed E-state index contributed by atoms with van der Waals surface area (Å²) in [5.41, 5.74) is 5.92. The quantitative estimate of drug-likeness (QED) is 0.830. The minimum Gasteiger partial charge on any atom is -0.494 e. The summed E-state index contributed by atoms with van der Waals surface area (Å²) in [5.74, 6) is -0.693. The second-order valence-electron chi connectivity index (χ2n) is 4.81. The summed E-state index contributed by atoms with van der Waals surface area (Å²) in [4.78, 5) is 11.5. The highest BCUT2D eigenvalue weighted by atomic mass is 19.1. The number of ether oxygens (including phenoxy) is 2. The molecule has 1 aromatic rings. The fraction of sp³-hybridized carbons (Fsp3) is 0.500. The van der Waals surface area contributed by atoms with Gasteiger partial charge in [-0.15, -0.1) is 0 Å². The van der Waals surface area contributed by atoms with Gasteiger partial charge in [-0.05, 0) is 24.6 Å². The van der Waals surface area contributed by atoms with E-state index in [-0.39, 0.29) is 24.2 Å². The number of hydrogen-bond donors (Lipinski definition) is 1. The lowest BCUT2D eigenvalue weighted by atomic mass is 9.74. The molecule has 0 aromatic heterocycles. The van der Waals surface area contributed by atoms with Gasteiger partial charge in [0.1, 0.15) is 0 Å². The molecule has 0 aliphatic heterocycles. The van der Waals surface area contributed by atoms with E-state index in [4.69, 9.17) is 10.5 Å². The van der Waals surface area contributed by atoms with Crippen molar-refractivity contribution in [1.29, 1.82) is 0 Å². The Kier molecular flexibility index (Phi) is 4.89. The van der Waals surface area contributed by atoms with Gasteiger partial charge in [-0.1, -0.05) is 13.0 Å². The summed E-state index contributed by atoms with van der Waals surface area (Å²) in [7, 11) is 2.72. The lowest BCUT2D eigenvalue weighted by Gasteiger charge is -2.33. The van der Waals surface area contributed by atoms with Crippen molar-refractivity contribution in [3.63, 3.8) is 0 Å². The molecule has 5 heteroatoms. The average molecular weight is 269 g/mol. The predicted molar refractivity (Wildman–Crippen MR) is 70.6 cm³/mol. The Balaban J connectivity index is 3.19. The van der Waals surface area contributed by atoms with E-state index in [1.165, 1.54) is 26.4 Å². The van der Waals surface area contributed by atoms with Crippen LogP contribution in [0, 0.1) is 5.82 Å². The first-order valence-corrected chi connectivity index (χ1v) is 6.01. The molecule has 0 amide bonds. The maximum absolute atomic E-state index is 13.8. The van der Waals surface area contributed by atoms with E-state index in [9.17, 15) is 9.18 Å². The molecule has 0 saturated carbocycles. The molecule has 0 aliphatic carbocycles. The molecule has 0 aliphatic rings. The van der Waals surface area contributed by atoms with Gasteiger partial charge in [0.05, 0.1) is 20.6 Å². The smallest absolute Gasteiger partial charge is 0.306 e. The Morgan fingerprint density at radius 1 is 1.47 bits per heavy atom. The van der Waals surface area contributed by atoms with Crippen LogP contribution in [0.25, 0.3) is 0 Å². The van der Waals surface area contributed by atoms with Crippen LogP contribution in [0.15, 0.2) is 18.2 Å². The number of nitrogens with two attached hydrogens (primary N) is 1. The van der Waals surface area contributed by atoms with E-state index in [0.717, 1.165) is 0 Å². The fourth-order valence-corrected chi connectivity index (χ4v) is 1.92. The van der Waals surface area contributed by atoms with Crippen LogP contribution in [-0.4, -0.2) is 26.2 Å². The Hall–Kier alpha value is -1.62. The number of carbonyl (C=O) groups is 1. The number of halogens is 1. The fourth-order valence-electron chi connectivity index (χ4n) is 1.92. The van der Waals surface area contributed by atoms with Crippen LogP contribution in [0.1, 0.15) is 25.8 Å². The normalized spacial score (nSPS) is 15.5. The van der Waals surface area contributed by atoms with Crippen molar-refractivity contribution in [2.75, 3.05) is 14.2 Å². The van der Waals surface area contributed by atoms with E-state index in [1.807, 2.05) is 6.92 Å². The molecular formula is C14H20FNO3. The van der Waals surface area contributed by atoms with Crippen molar-refractivity contribution in [3.05, 3.63) is 29.6 Å². The van der Waals surface area contributed by atoms with Crippen LogP contribution in [0.4, 0.5) is 4.39 Å². The summed E-state index contributed by atoms with van der Waals surface area (Å²) in [6.07, 6.45) is 0.0902. The molecule has 106 valence electrons. The van der Waals surface area contributed by atoms with E-state index >= 15 is 0 Å². The van der Waals surface area contributed by atoms with E-state index in [0.29, 0.717) is 5.56 Å². The molecule has 2 unspecified atom stereocenters. The summed E-state index contributed by atoms with van der Waals surface area (Å²) < 4.78 is 23.3. The number of esters is 1. The molecule has 2 N–H and O–H groups in total. The number of methoxy groups -OCH3 is 2. The van der Waals surface area contributed by atoms with Crippen molar-refractivity contribution in [1.82, 2.24) is 0 Å². The summed E-state index contributed by atoms with van der Waals surface area (Å²) >= 11 is 0. The molecule has 0 spiro atoms. The third kappa shape index (κ3) is 3.23. The third-order valence-corrected chi connectivity index (χ3v) is 3.56. The second-order valence-corrected chi connectivity index (χ2v) is 4.81. The Morgan fingerprint density at radius 3 is 2.53 bits per heavy atom. The van der Waals surface area contributed by atoms with E-state index < -0.39 is 11.2 Å². The van der Waals surface area contributed by atoms with Crippen LogP contribution in [0.2, 0.25) is 0 Å². The van der Waals surface area contributed by atoms with Crippen molar-refractivity contribution >= 4 is 5.97 Å². The Bertz CT molecular complexity index is 462. The number of hydrogen-bond acceptors (Lipinski definition) is 4. The molecular weight excluding hydrogens is 249 g/mol. The molecule has 0 fully saturated rings. The lowest BCUT2D eigenvalue weighted by Crippen LogP contribution is -2.43. The highest BCUT2D eigenvalue weighted by molar-refractivity contribution is 5.71. The molecule has 1 aromatic carbocycles. The zero-order valence-corrected chi connectivity index (χ0v) is 11.7. The van der Waals surface area contributed by atoms with Crippen LogP contribution in [0.5, 0.6) is 5.75 Å². The van der Waals surface area contributed by atoms with Gasteiger partial charge in [0.2, 0.25) is 0 Å². The van der Waals surface area contributed by atoms with Crippen molar-refractivity contribution in [2.45, 2.75) is 31.7 Å². The number of rotatable bonds is 5. The Labute approximate surface area is 112 Å². The SMILES string of the molecule is COC(=O)CC(C)(c1ccc(OC)c(F)c1)C(C)N. The maximum atomic E-state index is 13.8. The molecule has 0 heterocycles. The van der Waals surface area contributed by atoms with Gasteiger partial charge in [0.15, 0.2) is 11.6 Å². The molecule has 2 atom stereocenters. The average Bonchev–Trinajstić information content (AvgIpc) is 2.37. The minimum absolute atomic E-state index is 0.0902. The highest BCUT2D eigenvalue weighted by Crippen LogP contribution is 2.33. The summed E-state index contributed by atoms with van der Waals surface area (Å²) in [6, 6.07) is 4.27. The first-order valence-electron chi connectivity index (χ1n) is 6.01. The number of benzene rings is 1. The van der Waals surface area contributed by atoms with Gasteiger partial charge < -0.3 is 15.2 Å². The van der Waals surface area contributed by atoms with Crippen molar-refractivity contribution < 1.29 is 18.7 Å². The van der Waals surface area contributed by atoms with Crippen LogP contribution < -0.4 is 10.5 Å². The zero-order chi connectivity index (χ0) is 14.6. The molecule has 4 nitrogen and oxygen atoms in total. The maximum Gasteiger partial charge on any atom is 0.306 e. The van der Waals surface area contributed by atoms with Crippen LogP contribution in [0.3, 0.4) is 0 Å². The van der Waals surface area contributed by atoms with Gasteiger partial charge in [0, 0.05) is 11.5 Å². The molecule has 19 heavy (non-hydrogen) atoms. The zero-order valence-electron chi connectivity index (χ0n) is 11.7. The number of carbonyl (C=O) groups excluding carboxylic acids is 1. The van der Waals surface area contributed by atoms with Gasteiger partial charge >= 0.3 is 5.97 Å². The van der Waals surface area contributed by atoms with Crippen LogP contribution >= 0.6 is 0 Å². The van der Waals surface area contributed by atoms with Crippen molar-refractivity contribution in [2.24, 2.45) is 5.73 Å². The van der Waals surface area contributed by atoms with Crippen molar-refractivity contribution in [3.8, 4) is 5.75 Å². The highest BCUT2D eigenvalue weighted by Gasteiger charge is 2.34. The standard InChI is InChI=1S/C14H20FNO3/c1-9(16)14(2,8-13(17)19-4)10-5-6-12(18-3)11(15)7-10/h5-7,9H,8,16H2,1-4H3.